The average molecular weight is 283 g/mol. The van der Waals surface area contributed by atoms with Gasteiger partial charge >= 0.3 is 5.97 Å². The van der Waals surface area contributed by atoms with Crippen LogP contribution in [0.4, 0.5) is 0 Å². The topological polar surface area (TPSA) is 55.1 Å². The van der Waals surface area contributed by atoms with Gasteiger partial charge in [-0.1, -0.05) is 23.4 Å². The molecular weight excluding hydrogens is 272 g/mol. The molecule has 1 heterocycles. The zero-order chi connectivity index (χ0) is 13.3. The van der Waals surface area contributed by atoms with Crippen molar-refractivity contribution in [3.63, 3.8) is 0 Å². The molecule has 0 saturated heterocycles. The highest BCUT2D eigenvalue weighted by Gasteiger charge is 2.10. The molecule has 1 N–H and O–H groups in total. The van der Waals surface area contributed by atoms with Gasteiger partial charge in [0.05, 0.1) is 21.3 Å². The number of hydrogen-bond acceptors (Lipinski definition) is 3. The lowest BCUT2D eigenvalue weighted by atomic mass is 10.2. The Bertz CT molecular complexity index is 610. The largest absolute Gasteiger partial charge is 0.478 e. The number of hydrogen-bond donors (Lipinski definition) is 1. The molecule has 0 spiro atoms. The molecule has 1 aromatic carbocycles. The lowest BCUT2D eigenvalue weighted by Crippen LogP contribution is -1.97. The van der Waals surface area contributed by atoms with E-state index in [9.17, 15) is 4.79 Å². The van der Waals surface area contributed by atoms with E-state index in [-0.39, 0.29) is 10.6 Å². The van der Waals surface area contributed by atoms with Crippen LogP contribution in [0.2, 0.25) is 5.02 Å². The summed E-state index contributed by atoms with van der Waals surface area (Å²) in [5.41, 5.74) is 1.05. The number of carboxylic acid groups (broad SMARTS) is 1. The first-order valence-corrected chi connectivity index (χ1v) is 6.38. The van der Waals surface area contributed by atoms with Crippen molar-refractivity contribution in [2.24, 2.45) is 7.05 Å². The fraction of sp³-hybridized carbons (Fsp3) is 0.167. The normalized spacial score (nSPS) is 10.6. The molecule has 2 rings (SSSR count). The molecular formula is C12H11ClN2O2S. The molecule has 0 radical (unpaired) electrons. The van der Waals surface area contributed by atoms with Gasteiger partial charge in [-0.2, -0.15) is 5.10 Å². The number of carbonyl (C=O) groups is 1. The zero-order valence-electron chi connectivity index (χ0n) is 9.85. The minimum Gasteiger partial charge on any atom is -0.478 e. The second kappa shape index (κ2) is 5.04. The number of benzene rings is 1. The third-order valence-electron chi connectivity index (χ3n) is 2.35. The summed E-state index contributed by atoms with van der Waals surface area (Å²) < 4.78 is 1.78. The first-order chi connectivity index (χ1) is 8.47. The summed E-state index contributed by atoms with van der Waals surface area (Å²) in [7, 11) is 1.86. The van der Waals surface area contributed by atoms with Crippen molar-refractivity contribution in [2.75, 3.05) is 0 Å². The molecule has 0 bridgehead atoms. The van der Waals surface area contributed by atoms with E-state index in [4.69, 9.17) is 16.7 Å². The van der Waals surface area contributed by atoms with Crippen molar-refractivity contribution >= 4 is 29.3 Å². The molecule has 0 amide bonds. The predicted octanol–water partition coefficient (Wildman–Crippen LogP) is 3.23. The summed E-state index contributed by atoms with van der Waals surface area (Å²) >= 11 is 7.41. The number of halogens is 1. The zero-order valence-corrected chi connectivity index (χ0v) is 11.4. The summed E-state index contributed by atoms with van der Waals surface area (Å²) in [5, 5.41) is 14.4. The molecule has 0 saturated carbocycles. The molecule has 1 aromatic heterocycles. The van der Waals surface area contributed by atoms with Gasteiger partial charge in [0.2, 0.25) is 0 Å². The maximum Gasteiger partial charge on any atom is 0.337 e. The summed E-state index contributed by atoms with van der Waals surface area (Å²) in [6.45, 7) is 1.92. The van der Waals surface area contributed by atoms with E-state index in [0.29, 0.717) is 0 Å². The standard InChI is InChI=1S/C12H11ClN2O2S/c1-7-5-11(15(2)14-7)18-8-3-4-9(12(16)17)10(13)6-8/h3-6H,1-2H3,(H,16,17). The lowest BCUT2D eigenvalue weighted by molar-refractivity contribution is 0.0697. The van der Waals surface area contributed by atoms with E-state index in [2.05, 4.69) is 5.10 Å². The SMILES string of the molecule is Cc1cc(Sc2ccc(C(=O)O)c(Cl)c2)n(C)n1. The van der Waals surface area contributed by atoms with Crippen molar-refractivity contribution in [3.8, 4) is 0 Å². The van der Waals surface area contributed by atoms with E-state index in [1.54, 1.807) is 16.8 Å². The van der Waals surface area contributed by atoms with Gasteiger partial charge in [-0.15, -0.1) is 0 Å². The Hall–Kier alpha value is -1.46. The van der Waals surface area contributed by atoms with E-state index in [0.717, 1.165) is 15.6 Å². The quantitative estimate of drug-likeness (QED) is 0.939. The van der Waals surface area contributed by atoms with Gasteiger partial charge in [0.1, 0.15) is 0 Å². The molecule has 6 heteroatoms. The smallest absolute Gasteiger partial charge is 0.337 e. The third-order valence-corrected chi connectivity index (χ3v) is 3.75. The minimum absolute atomic E-state index is 0.113. The van der Waals surface area contributed by atoms with Crippen molar-refractivity contribution in [2.45, 2.75) is 16.8 Å². The van der Waals surface area contributed by atoms with E-state index < -0.39 is 5.97 Å². The summed E-state index contributed by atoms with van der Waals surface area (Å²) in [6, 6.07) is 6.86. The molecule has 2 aromatic rings. The Balaban J connectivity index is 2.28. The fourth-order valence-electron chi connectivity index (χ4n) is 1.54. The number of aromatic carboxylic acids is 1. The van der Waals surface area contributed by atoms with Crippen molar-refractivity contribution in [3.05, 3.63) is 40.5 Å². The molecule has 0 unspecified atom stereocenters. The maximum atomic E-state index is 10.8. The van der Waals surface area contributed by atoms with Crippen LogP contribution in [0.5, 0.6) is 0 Å². The predicted molar refractivity (Wildman–Crippen MR) is 70.5 cm³/mol. The van der Waals surface area contributed by atoms with Crippen LogP contribution in [-0.2, 0) is 7.05 Å². The lowest BCUT2D eigenvalue weighted by Gasteiger charge is -2.04. The highest BCUT2D eigenvalue weighted by molar-refractivity contribution is 7.99. The van der Waals surface area contributed by atoms with Crippen LogP contribution >= 0.6 is 23.4 Å². The maximum absolute atomic E-state index is 10.8. The Morgan fingerprint density at radius 1 is 1.44 bits per heavy atom. The van der Waals surface area contributed by atoms with Crippen LogP contribution in [0, 0.1) is 6.92 Å². The monoisotopic (exact) mass is 282 g/mol. The van der Waals surface area contributed by atoms with Gasteiger partial charge in [0.25, 0.3) is 0 Å². The molecule has 18 heavy (non-hydrogen) atoms. The Morgan fingerprint density at radius 3 is 2.67 bits per heavy atom. The van der Waals surface area contributed by atoms with Gasteiger partial charge in [-0.3, -0.25) is 4.68 Å². The Kier molecular flexibility index (Phi) is 3.63. The first kappa shape index (κ1) is 13.0. The summed E-state index contributed by atoms with van der Waals surface area (Å²) in [4.78, 5) is 11.7. The minimum atomic E-state index is -1.02. The first-order valence-electron chi connectivity index (χ1n) is 5.18. The van der Waals surface area contributed by atoms with Crippen LogP contribution in [0.15, 0.2) is 34.2 Å². The van der Waals surface area contributed by atoms with Gasteiger partial charge in [0, 0.05) is 11.9 Å². The van der Waals surface area contributed by atoms with Gasteiger partial charge < -0.3 is 5.11 Å². The van der Waals surface area contributed by atoms with E-state index in [1.165, 1.54) is 17.8 Å². The van der Waals surface area contributed by atoms with Gasteiger partial charge in [0.15, 0.2) is 0 Å². The van der Waals surface area contributed by atoms with Crippen LogP contribution in [0.1, 0.15) is 16.1 Å². The number of nitrogens with zero attached hydrogens (tertiary/aromatic N) is 2. The van der Waals surface area contributed by atoms with E-state index in [1.807, 2.05) is 20.0 Å². The molecule has 0 fully saturated rings. The average Bonchev–Trinajstić information content (AvgIpc) is 2.57. The molecule has 4 nitrogen and oxygen atoms in total. The van der Waals surface area contributed by atoms with E-state index >= 15 is 0 Å². The van der Waals surface area contributed by atoms with Gasteiger partial charge in [-0.05, 0) is 31.2 Å². The van der Waals surface area contributed by atoms with Crippen molar-refractivity contribution in [1.82, 2.24) is 9.78 Å². The Morgan fingerprint density at radius 2 is 2.17 bits per heavy atom. The van der Waals surface area contributed by atoms with Crippen LogP contribution < -0.4 is 0 Å². The molecule has 0 aliphatic rings. The van der Waals surface area contributed by atoms with Crippen LogP contribution in [0.3, 0.4) is 0 Å². The van der Waals surface area contributed by atoms with Gasteiger partial charge in [-0.25, -0.2) is 4.79 Å². The summed E-state index contributed by atoms with van der Waals surface area (Å²) in [6.07, 6.45) is 0. The fourth-order valence-corrected chi connectivity index (χ4v) is 2.82. The van der Waals surface area contributed by atoms with Crippen LogP contribution in [-0.4, -0.2) is 20.9 Å². The number of rotatable bonds is 3. The molecule has 94 valence electrons. The highest BCUT2D eigenvalue weighted by atomic mass is 35.5. The van der Waals surface area contributed by atoms with Crippen molar-refractivity contribution in [1.29, 1.82) is 0 Å². The van der Waals surface area contributed by atoms with Crippen molar-refractivity contribution < 1.29 is 9.90 Å². The molecule has 0 aliphatic heterocycles. The summed E-state index contributed by atoms with van der Waals surface area (Å²) in [5.74, 6) is -1.02. The van der Waals surface area contributed by atoms with Crippen LogP contribution in [0.25, 0.3) is 0 Å². The Labute approximate surface area is 114 Å². The molecule has 0 aliphatic carbocycles. The second-order valence-electron chi connectivity index (χ2n) is 3.80. The molecule has 0 atom stereocenters. The number of carboxylic acids is 1. The highest BCUT2D eigenvalue weighted by Crippen LogP contribution is 2.30. The number of aromatic nitrogens is 2. The third kappa shape index (κ3) is 2.68. The number of aryl methyl sites for hydroxylation is 2. The second-order valence-corrected chi connectivity index (χ2v) is 5.30.